The van der Waals surface area contributed by atoms with Crippen molar-refractivity contribution in [2.75, 3.05) is 11.4 Å². The van der Waals surface area contributed by atoms with Crippen LogP contribution in [-0.2, 0) is 17.8 Å². The van der Waals surface area contributed by atoms with E-state index in [9.17, 15) is 26.7 Å². The molecule has 0 amide bonds. The van der Waals surface area contributed by atoms with Crippen molar-refractivity contribution in [1.29, 1.82) is 5.26 Å². The minimum Gasteiger partial charge on any atom is -0.481 e. The van der Waals surface area contributed by atoms with E-state index in [1.807, 2.05) is 0 Å². The number of anilines is 1. The van der Waals surface area contributed by atoms with Gasteiger partial charge in [0.1, 0.15) is 17.6 Å². The predicted molar refractivity (Wildman–Crippen MR) is 97.4 cm³/mol. The van der Waals surface area contributed by atoms with E-state index in [4.69, 9.17) is 10.4 Å². The quantitative estimate of drug-likeness (QED) is 0.713. The Morgan fingerprint density at radius 3 is 2.58 bits per heavy atom. The van der Waals surface area contributed by atoms with Crippen LogP contribution >= 0.6 is 0 Å². The van der Waals surface area contributed by atoms with Crippen LogP contribution in [0.25, 0.3) is 0 Å². The van der Waals surface area contributed by atoms with E-state index in [2.05, 4.69) is 4.74 Å². The molecule has 4 rings (SSSR count). The molecular weight excluding hydrogens is 423 g/mol. The highest BCUT2D eigenvalue weighted by molar-refractivity contribution is 5.75. The van der Waals surface area contributed by atoms with Gasteiger partial charge in [0.2, 0.25) is 0 Å². The Balaban J connectivity index is 1.64. The lowest BCUT2D eigenvalue weighted by atomic mass is 9.94. The Morgan fingerprint density at radius 2 is 1.97 bits per heavy atom. The molecule has 5 nitrogen and oxygen atoms in total. The summed E-state index contributed by atoms with van der Waals surface area (Å²) >= 11 is 0. The molecule has 2 aliphatic rings. The Bertz CT molecular complexity index is 1110. The molecule has 31 heavy (non-hydrogen) atoms. The van der Waals surface area contributed by atoms with Crippen molar-refractivity contribution in [3.8, 4) is 11.8 Å². The van der Waals surface area contributed by atoms with Crippen LogP contribution in [0.3, 0.4) is 0 Å². The number of carboxylic acids is 1. The first-order valence-corrected chi connectivity index (χ1v) is 9.36. The second-order valence-electron chi connectivity index (χ2n) is 7.53. The number of carbonyl (C=O) groups is 1. The highest BCUT2D eigenvalue weighted by Gasteiger charge is 2.46. The van der Waals surface area contributed by atoms with Crippen LogP contribution in [0.5, 0.6) is 5.75 Å². The van der Waals surface area contributed by atoms with Gasteiger partial charge in [0.25, 0.3) is 0 Å². The first-order chi connectivity index (χ1) is 14.6. The number of fused-ring (bicyclic) bond motifs is 1. The monoisotopic (exact) mass is 438 g/mol. The summed E-state index contributed by atoms with van der Waals surface area (Å²) in [4.78, 5) is 12.5. The summed E-state index contributed by atoms with van der Waals surface area (Å²) in [5, 5.41) is 18.1. The van der Waals surface area contributed by atoms with E-state index < -0.39 is 41.2 Å². The van der Waals surface area contributed by atoms with Crippen LogP contribution in [0.15, 0.2) is 24.3 Å². The van der Waals surface area contributed by atoms with E-state index in [0.717, 1.165) is 6.07 Å². The molecular formula is C21H15F5N2O3. The number of rotatable bonds is 4. The molecule has 1 aliphatic heterocycles. The van der Waals surface area contributed by atoms with Crippen molar-refractivity contribution in [2.45, 2.75) is 31.7 Å². The molecule has 1 heterocycles. The number of hydrogen-bond donors (Lipinski definition) is 1. The Hall–Kier alpha value is -3.35. The van der Waals surface area contributed by atoms with Gasteiger partial charge in [-0.1, -0.05) is 12.1 Å². The zero-order valence-corrected chi connectivity index (χ0v) is 15.8. The molecule has 10 heteroatoms. The average Bonchev–Trinajstić information content (AvgIpc) is 3.49. The molecule has 0 spiro atoms. The smallest absolute Gasteiger partial charge is 0.481 e. The Kier molecular flexibility index (Phi) is 5.00. The van der Waals surface area contributed by atoms with Gasteiger partial charge in [0.15, 0.2) is 5.82 Å². The van der Waals surface area contributed by atoms with Gasteiger partial charge in [-0.2, -0.15) is 5.26 Å². The maximum absolute atomic E-state index is 15.0. The summed E-state index contributed by atoms with van der Waals surface area (Å²) in [5.41, 5.74) is 0.380. The fourth-order valence-corrected chi connectivity index (χ4v) is 4.02. The van der Waals surface area contributed by atoms with Gasteiger partial charge in [-0.3, -0.25) is 4.79 Å². The standard InChI is InChI=1S/C21H15F5N2O3/c22-18-11(8-27)5-12(31-21(24,25)26)6-17(18)28-4-3-13-10(9-28)1-2-14(19(13)23)15-7-16(15)20(29)30/h1-2,5-6,15-16H,3-4,7,9H2,(H,29,30)/t15-,16+/m0/s1. The third-order valence-corrected chi connectivity index (χ3v) is 5.59. The number of alkyl halides is 3. The van der Waals surface area contributed by atoms with Gasteiger partial charge in [-0.15, -0.1) is 13.2 Å². The number of nitriles is 1. The third-order valence-electron chi connectivity index (χ3n) is 5.59. The molecule has 1 saturated carbocycles. The van der Waals surface area contributed by atoms with Gasteiger partial charge < -0.3 is 14.7 Å². The highest BCUT2D eigenvalue weighted by Crippen LogP contribution is 2.49. The van der Waals surface area contributed by atoms with Crippen LogP contribution in [0, 0.1) is 28.9 Å². The van der Waals surface area contributed by atoms with Crippen LogP contribution in [0.1, 0.15) is 34.6 Å². The van der Waals surface area contributed by atoms with E-state index in [0.29, 0.717) is 29.2 Å². The summed E-state index contributed by atoms with van der Waals surface area (Å²) in [6.07, 6.45) is -4.50. The molecule has 1 aliphatic carbocycles. The number of nitrogens with zero attached hydrogens (tertiary/aromatic N) is 2. The number of carboxylic acid groups (broad SMARTS) is 1. The molecule has 0 unspecified atom stereocenters. The van der Waals surface area contributed by atoms with Crippen LogP contribution < -0.4 is 9.64 Å². The van der Waals surface area contributed by atoms with Crippen molar-refractivity contribution in [1.82, 2.24) is 0 Å². The Morgan fingerprint density at radius 1 is 1.23 bits per heavy atom. The van der Waals surface area contributed by atoms with Gasteiger partial charge in [0.05, 0.1) is 17.2 Å². The van der Waals surface area contributed by atoms with Gasteiger partial charge in [-0.05, 0) is 29.5 Å². The molecule has 1 fully saturated rings. The topological polar surface area (TPSA) is 73.6 Å². The molecule has 2 atom stereocenters. The highest BCUT2D eigenvalue weighted by atomic mass is 19.4. The summed E-state index contributed by atoms with van der Waals surface area (Å²) < 4.78 is 71.3. The zero-order chi connectivity index (χ0) is 22.5. The minimum atomic E-state index is -5.01. The van der Waals surface area contributed by atoms with Gasteiger partial charge in [-0.25, -0.2) is 8.78 Å². The fraction of sp³-hybridized carbons (Fsp3) is 0.333. The van der Waals surface area contributed by atoms with E-state index in [1.54, 1.807) is 6.07 Å². The lowest BCUT2D eigenvalue weighted by Gasteiger charge is -2.32. The third kappa shape index (κ3) is 4.00. The lowest BCUT2D eigenvalue weighted by Crippen LogP contribution is -2.32. The first-order valence-electron chi connectivity index (χ1n) is 9.36. The summed E-state index contributed by atoms with van der Waals surface area (Å²) in [7, 11) is 0. The maximum atomic E-state index is 15.0. The minimum absolute atomic E-state index is 0.0107. The van der Waals surface area contributed by atoms with E-state index >= 15 is 0 Å². The van der Waals surface area contributed by atoms with Crippen molar-refractivity contribution in [2.24, 2.45) is 5.92 Å². The molecule has 2 aromatic rings. The largest absolute Gasteiger partial charge is 0.573 e. The normalized spacial score (nSPS) is 20.1. The van der Waals surface area contributed by atoms with Crippen molar-refractivity contribution in [3.05, 3.63) is 58.2 Å². The second kappa shape index (κ2) is 7.41. The number of aliphatic carboxylic acids is 1. The summed E-state index contributed by atoms with van der Waals surface area (Å²) in [6.45, 7) is 0.106. The van der Waals surface area contributed by atoms with Crippen molar-refractivity contribution < 1.29 is 36.6 Å². The molecule has 0 bridgehead atoms. The van der Waals surface area contributed by atoms with Crippen LogP contribution in [-0.4, -0.2) is 24.0 Å². The SMILES string of the molecule is N#Cc1cc(OC(F)(F)F)cc(N2CCc3c(ccc([C@@H]4C[C@H]4C(=O)O)c3F)C2)c1F. The van der Waals surface area contributed by atoms with E-state index in [1.165, 1.54) is 17.0 Å². The lowest BCUT2D eigenvalue weighted by molar-refractivity contribution is -0.274. The number of hydrogen-bond acceptors (Lipinski definition) is 4. The average molecular weight is 438 g/mol. The van der Waals surface area contributed by atoms with Crippen LogP contribution in [0.4, 0.5) is 27.6 Å². The van der Waals surface area contributed by atoms with Crippen molar-refractivity contribution >= 4 is 11.7 Å². The van der Waals surface area contributed by atoms with Crippen LogP contribution in [0.2, 0.25) is 0 Å². The molecule has 0 aromatic heterocycles. The van der Waals surface area contributed by atoms with Crippen molar-refractivity contribution in [3.63, 3.8) is 0 Å². The fourth-order valence-electron chi connectivity index (χ4n) is 4.02. The molecule has 162 valence electrons. The summed E-state index contributed by atoms with van der Waals surface area (Å²) in [5.74, 6) is -4.16. The zero-order valence-electron chi connectivity index (χ0n) is 15.8. The van der Waals surface area contributed by atoms with Gasteiger partial charge >= 0.3 is 12.3 Å². The maximum Gasteiger partial charge on any atom is 0.573 e. The molecule has 2 aromatic carbocycles. The molecule has 0 radical (unpaired) electrons. The number of halogens is 5. The molecule has 0 saturated heterocycles. The van der Waals surface area contributed by atoms with Gasteiger partial charge in [0, 0.05) is 31.1 Å². The first kappa shape index (κ1) is 20.9. The van der Waals surface area contributed by atoms with E-state index in [-0.39, 0.29) is 31.1 Å². The molecule has 1 N–H and O–H groups in total. The second-order valence-corrected chi connectivity index (χ2v) is 7.53. The summed E-state index contributed by atoms with van der Waals surface area (Å²) in [6, 6.07) is 6.17. The predicted octanol–water partition coefficient (Wildman–Crippen LogP) is 4.49. The number of ether oxygens (including phenoxy) is 1. The Labute approximate surface area is 173 Å². The number of benzene rings is 2.